The van der Waals surface area contributed by atoms with Gasteiger partial charge in [0.1, 0.15) is 0 Å². The van der Waals surface area contributed by atoms with Crippen LogP contribution in [0.2, 0.25) is 10.5 Å². The first-order chi connectivity index (χ1) is 7.73. The molecular weight excluding hydrogens is 357 g/mol. The van der Waals surface area contributed by atoms with Gasteiger partial charge in [0.25, 0.3) is 0 Å². The summed E-state index contributed by atoms with van der Waals surface area (Å²) in [5.41, 5.74) is 10.2. The van der Waals surface area contributed by atoms with E-state index in [-0.39, 0.29) is 10.5 Å². The van der Waals surface area contributed by atoms with Crippen LogP contribution in [0, 0.1) is 0 Å². The van der Waals surface area contributed by atoms with E-state index in [1.807, 2.05) is 0 Å². The van der Waals surface area contributed by atoms with Crippen molar-refractivity contribution in [1.29, 1.82) is 0 Å². The molecule has 0 fully saturated rings. The third-order valence-corrected chi connectivity index (χ3v) is 10.8. The second-order valence-electron chi connectivity index (χ2n) is 3.14. The zero-order chi connectivity index (χ0) is 13.6. The normalized spacial score (nSPS) is 13.5. The molecule has 0 rings (SSSR count). The topological polar surface area (TPSA) is 170 Å². The number of rotatable bonds is 8. The fourth-order valence-corrected chi connectivity index (χ4v) is 8.45. The maximum atomic E-state index is 11.3. The summed E-state index contributed by atoms with van der Waals surface area (Å²) in [6.45, 7) is 0. The molecule has 9 nitrogen and oxygen atoms in total. The number of carbonyl (C=O) groups is 2. The van der Waals surface area contributed by atoms with Gasteiger partial charge >= 0.3 is 105 Å². The zero-order valence-electron chi connectivity index (χ0n) is 8.66. The van der Waals surface area contributed by atoms with Crippen LogP contribution in [0.4, 0.5) is 0 Å². The molecule has 0 aromatic rings. The van der Waals surface area contributed by atoms with Crippen molar-refractivity contribution in [3.8, 4) is 0 Å². The Morgan fingerprint density at radius 3 is 1.53 bits per heavy atom. The fraction of sp³-hybridized carbons (Fsp3) is 0.667. The van der Waals surface area contributed by atoms with Gasteiger partial charge in [-0.3, -0.25) is 0 Å². The van der Waals surface area contributed by atoms with Crippen molar-refractivity contribution >= 4 is 41.2 Å². The van der Waals surface area contributed by atoms with Crippen LogP contribution in [0.5, 0.6) is 0 Å². The van der Waals surface area contributed by atoms with Crippen LogP contribution in [0.1, 0.15) is 0 Å². The Morgan fingerprint density at radius 2 is 1.29 bits per heavy atom. The van der Waals surface area contributed by atoms with Gasteiger partial charge in [-0.05, 0) is 0 Å². The third kappa shape index (κ3) is 7.30. The Hall–Kier alpha value is -0.654. The summed E-state index contributed by atoms with van der Waals surface area (Å²) in [5, 5.41) is 16.1. The SMILES string of the molecule is NC([CH2][Ge](=[O])[O][Ge](=[O])[CH2]C(N)C(=O)O)C(=O)O. The first-order valence-electron chi connectivity index (χ1n) is 4.44. The first kappa shape index (κ1) is 16.3. The summed E-state index contributed by atoms with van der Waals surface area (Å²) < 4.78 is 27.1. The van der Waals surface area contributed by atoms with E-state index >= 15 is 0 Å². The van der Waals surface area contributed by atoms with Gasteiger partial charge in [-0.25, -0.2) is 0 Å². The molecule has 0 aromatic heterocycles. The summed E-state index contributed by atoms with van der Waals surface area (Å²) in [6.07, 6.45) is 0. The third-order valence-electron chi connectivity index (χ3n) is 1.64. The predicted molar refractivity (Wildman–Crippen MR) is 54.8 cm³/mol. The Bertz CT molecular complexity index is 315. The number of hydrogen-bond donors (Lipinski definition) is 4. The summed E-state index contributed by atoms with van der Waals surface area (Å²) in [6, 6.07) is -2.66. The molecule has 2 atom stereocenters. The van der Waals surface area contributed by atoms with E-state index in [0.717, 1.165) is 0 Å². The minimum absolute atomic E-state index is 0.379. The number of carboxylic acid groups (broad SMARTS) is 2. The van der Waals surface area contributed by atoms with Crippen LogP contribution in [-0.4, -0.2) is 63.5 Å². The van der Waals surface area contributed by atoms with Gasteiger partial charge in [-0.15, -0.1) is 0 Å². The van der Waals surface area contributed by atoms with E-state index in [4.69, 9.17) is 21.7 Å². The van der Waals surface area contributed by atoms with Crippen LogP contribution >= 0.6 is 0 Å². The number of hydrogen-bond acceptors (Lipinski definition) is 7. The molecule has 0 aliphatic carbocycles. The predicted octanol–water partition coefficient (Wildman–Crippen LogP) is -2.34. The van der Waals surface area contributed by atoms with E-state index in [0.29, 0.717) is 0 Å². The van der Waals surface area contributed by atoms with Gasteiger partial charge in [-0.1, -0.05) is 0 Å². The minimum atomic E-state index is -3.48. The van der Waals surface area contributed by atoms with Crippen molar-refractivity contribution < 1.29 is 30.1 Å². The fourth-order valence-electron chi connectivity index (χ4n) is 0.744. The molecule has 96 valence electrons. The molecule has 17 heavy (non-hydrogen) atoms. The van der Waals surface area contributed by atoms with Gasteiger partial charge in [0.15, 0.2) is 0 Å². The molecule has 0 bridgehead atoms. The Balaban J connectivity index is 4.09. The zero-order valence-corrected chi connectivity index (χ0v) is 12.9. The van der Waals surface area contributed by atoms with Crippen molar-refractivity contribution in [2.24, 2.45) is 11.5 Å². The van der Waals surface area contributed by atoms with Crippen LogP contribution < -0.4 is 11.5 Å². The average Bonchev–Trinajstić information content (AvgIpc) is 2.16. The molecule has 11 heteroatoms. The molecule has 6 N–H and O–H groups in total. The summed E-state index contributed by atoms with van der Waals surface area (Å²) >= 11 is -6.96. The maximum absolute atomic E-state index is 11.3. The van der Waals surface area contributed by atoms with Crippen molar-refractivity contribution in [3.63, 3.8) is 0 Å². The van der Waals surface area contributed by atoms with E-state index in [9.17, 15) is 17.1 Å². The van der Waals surface area contributed by atoms with E-state index in [1.165, 1.54) is 0 Å². The van der Waals surface area contributed by atoms with Crippen LogP contribution in [0.25, 0.3) is 0 Å². The molecule has 0 saturated carbocycles. The molecule has 0 saturated heterocycles. The average molecular weight is 369 g/mol. The number of nitrogens with two attached hydrogens (primary N) is 2. The van der Waals surface area contributed by atoms with Crippen molar-refractivity contribution in [3.05, 3.63) is 0 Å². The standard InChI is InChI=1S/C6H12Ge2N2O7/c9-3(5(11)12)1-7(15)17-8(16)2-4(10)6(13)14/h3-4H,1-2,9-10H2,(H,11,12)(H,13,14). The van der Waals surface area contributed by atoms with E-state index in [2.05, 4.69) is 2.79 Å². The van der Waals surface area contributed by atoms with Crippen LogP contribution in [0.15, 0.2) is 0 Å². The van der Waals surface area contributed by atoms with Crippen LogP contribution in [-0.2, 0) is 19.9 Å². The van der Waals surface area contributed by atoms with E-state index < -0.39 is 53.3 Å². The second-order valence-corrected chi connectivity index (χ2v) is 10.6. The van der Waals surface area contributed by atoms with Gasteiger partial charge in [0.05, 0.1) is 0 Å². The Morgan fingerprint density at radius 1 is 1.00 bits per heavy atom. The van der Waals surface area contributed by atoms with Gasteiger partial charge in [0, 0.05) is 0 Å². The monoisotopic (exact) mass is 372 g/mol. The number of aliphatic carboxylic acids is 2. The summed E-state index contributed by atoms with van der Waals surface area (Å²) in [4.78, 5) is 20.7. The molecule has 0 aliphatic rings. The molecule has 0 spiro atoms. The molecular formula is C6H12Ge2N2O7. The molecule has 2 unspecified atom stereocenters. The van der Waals surface area contributed by atoms with Gasteiger partial charge in [0.2, 0.25) is 0 Å². The Kier molecular flexibility index (Phi) is 7.34. The van der Waals surface area contributed by atoms with Crippen molar-refractivity contribution in [1.82, 2.24) is 0 Å². The van der Waals surface area contributed by atoms with Crippen molar-refractivity contribution in [2.75, 3.05) is 0 Å². The summed E-state index contributed by atoms with van der Waals surface area (Å²) in [7, 11) is 0. The van der Waals surface area contributed by atoms with Crippen LogP contribution in [0.3, 0.4) is 0 Å². The van der Waals surface area contributed by atoms with Gasteiger partial charge in [-0.2, -0.15) is 0 Å². The molecule has 0 aromatic carbocycles. The second kappa shape index (κ2) is 7.63. The van der Waals surface area contributed by atoms with E-state index in [1.54, 1.807) is 0 Å². The van der Waals surface area contributed by atoms with Gasteiger partial charge < -0.3 is 0 Å². The molecule has 0 amide bonds. The summed E-state index contributed by atoms with van der Waals surface area (Å²) in [5.74, 6) is -2.66. The molecule has 0 aliphatic heterocycles. The Labute approximate surface area is 105 Å². The first-order valence-corrected chi connectivity index (χ1v) is 10.8. The quantitative estimate of drug-likeness (QED) is 0.342. The molecule has 0 heterocycles. The number of carboxylic acids is 2. The molecule has 0 radical (unpaired) electrons. The van der Waals surface area contributed by atoms with Crippen molar-refractivity contribution in [2.45, 2.75) is 22.6 Å².